The molecule has 1 atom stereocenters. The van der Waals surface area contributed by atoms with Gasteiger partial charge in [0.2, 0.25) is 10.1 Å². The lowest BCUT2D eigenvalue weighted by molar-refractivity contribution is 0.0943. The highest BCUT2D eigenvalue weighted by Crippen LogP contribution is 2.29. The molecule has 9 nitrogen and oxygen atoms in total. The van der Waals surface area contributed by atoms with E-state index in [9.17, 15) is 9.59 Å². The lowest BCUT2D eigenvalue weighted by Crippen LogP contribution is -2.34. The number of nitrogens with zero attached hydrogens (tertiary/aromatic N) is 4. The Balaban J connectivity index is 1.55. The van der Waals surface area contributed by atoms with E-state index >= 15 is 0 Å². The molecule has 2 aromatic heterocycles. The number of rotatable bonds is 7. The zero-order valence-corrected chi connectivity index (χ0v) is 19.3. The fourth-order valence-corrected chi connectivity index (χ4v) is 4.77. The molecule has 32 heavy (non-hydrogen) atoms. The standard InChI is InChI=1S/C22H27N5O4S/c1-4-31-18-10-15(7-8-17(18)30-3)12-23-20(29)16-11-19(28)24-21-27(16)25-22(32-21)26-9-5-6-14(2)13-26/h7-8,10-11,14H,4-6,9,12-13H2,1-3H3,(H,23,29)/t14-/m1/s1. The number of methoxy groups -OCH3 is 1. The highest BCUT2D eigenvalue weighted by Gasteiger charge is 2.22. The van der Waals surface area contributed by atoms with Crippen LogP contribution in [0, 0.1) is 5.92 Å². The van der Waals surface area contributed by atoms with Gasteiger partial charge >= 0.3 is 0 Å². The van der Waals surface area contributed by atoms with E-state index < -0.39 is 11.5 Å². The molecule has 0 radical (unpaired) electrons. The number of hydrogen-bond donors (Lipinski definition) is 1. The number of aromatic nitrogens is 3. The number of fused-ring (bicyclic) bond motifs is 1. The van der Waals surface area contributed by atoms with Crippen LogP contribution < -0.4 is 25.2 Å². The molecule has 10 heteroatoms. The molecule has 0 aliphatic carbocycles. The quantitative estimate of drug-likeness (QED) is 0.582. The summed E-state index contributed by atoms with van der Waals surface area (Å²) in [6.07, 6.45) is 2.29. The average Bonchev–Trinajstić information content (AvgIpc) is 3.21. The molecule has 0 spiro atoms. The van der Waals surface area contributed by atoms with Crippen molar-refractivity contribution in [3.63, 3.8) is 0 Å². The minimum atomic E-state index is -0.458. The lowest BCUT2D eigenvalue weighted by atomic mass is 10.0. The van der Waals surface area contributed by atoms with Crippen LogP contribution in [0.4, 0.5) is 5.13 Å². The summed E-state index contributed by atoms with van der Waals surface area (Å²) >= 11 is 1.33. The second-order valence-corrected chi connectivity index (χ2v) is 8.79. The van der Waals surface area contributed by atoms with Gasteiger partial charge in [-0.1, -0.05) is 24.3 Å². The third kappa shape index (κ3) is 4.69. The van der Waals surface area contributed by atoms with Crippen molar-refractivity contribution in [3.8, 4) is 11.5 Å². The first-order valence-corrected chi connectivity index (χ1v) is 11.5. The molecular formula is C22H27N5O4S. The van der Waals surface area contributed by atoms with Gasteiger partial charge < -0.3 is 19.7 Å². The molecule has 3 heterocycles. The summed E-state index contributed by atoms with van der Waals surface area (Å²) in [5, 5.41) is 8.25. The maximum Gasteiger partial charge on any atom is 0.274 e. The molecule has 1 saturated heterocycles. The van der Waals surface area contributed by atoms with Crippen molar-refractivity contribution in [1.82, 2.24) is 19.9 Å². The van der Waals surface area contributed by atoms with Crippen molar-refractivity contribution in [2.24, 2.45) is 5.92 Å². The van der Waals surface area contributed by atoms with Crippen LogP contribution in [0.3, 0.4) is 0 Å². The van der Waals surface area contributed by atoms with E-state index in [2.05, 4.69) is 27.2 Å². The molecule has 0 saturated carbocycles. The van der Waals surface area contributed by atoms with Crippen molar-refractivity contribution in [3.05, 3.63) is 45.9 Å². The van der Waals surface area contributed by atoms with Gasteiger partial charge in [-0.15, -0.1) is 5.10 Å². The largest absolute Gasteiger partial charge is 0.493 e. The summed E-state index contributed by atoms with van der Waals surface area (Å²) in [5.41, 5.74) is 0.563. The van der Waals surface area contributed by atoms with Crippen molar-refractivity contribution < 1.29 is 14.3 Å². The molecule has 3 aromatic rings. The van der Waals surface area contributed by atoms with Crippen molar-refractivity contribution in [1.29, 1.82) is 0 Å². The summed E-state index contributed by atoms with van der Waals surface area (Å²) in [6, 6.07) is 6.71. The topological polar surface area (TPSA) is 98.1 Å². The fourth-order valence-electron chi connectivity index (χ4n) is 3.83. The number of carbonyl (C=O) groups excluding carboxylic acids is 1. The number of benzene rings is 1. The Hall–Kier alpha value is -3.14. The third-order valence-electron chi connectivity index (χ3n) is 5.38. The molecule has 1 aromatic carbocycles. The first kappa shape index (κ1) is 22.1. The summed E-state index contributed by atoms with van der Waals surface area (Å²) < 4.78 is 12.4. The molecule has 1 aliphatic heterocycles. The number of carbonyl (C=O) groups is 1. The molecule has 0 unspecified atom stereocenters. The SMILES string of the molecule is CCOc1cc(CNC(=O)c2cc(=O)nc3sc(N4CCC[C@@H](C)C4)nn23)ccc1OC. The molecule has 1 amide bonds. The number of amides is 1. The van der Waals surface area contributed by atoms with Gasteiger partial charge in [-0.05, 0) is 43.4 Å². The number of hydrogen-bond acceptors (Lipinski definition) is 8. The van der Waals surface area contributed by atoms with Gasteiger partial charge in [-0.2, -0.15) is 9.50 Å². The summed E-state index contributed by atoms with van der Waals surface area (Å²) in [4.78, 5) is 31.8. The second kappa shape index (κ2) is 9.56. The fraction of sp³-hybridized carbons (Fsp3) is 0.455. The van der Waals surface area contributed by atoms with Crippen LogP contribution in [-0.4, -0.2) is 47.3 Å². The van der Waals surface area contributed by atoms with Gasteiger partial charge in [0.05, 0.1) is 13.7 Å². The molecule has 1 N–H and O–H groups in total. The molecule has 1 fully saturated rings. The number of nitrogens with one attached hydrogen (secondary N) is 1. The average molecular weight is 458 g/mol. The zero-order valence-electron chi connectivity index (χ0n) is 18.5. The number of anilines is 1. The van der Waals surface area contributed by atoms with E-state index in [4.69, 9.17) is 9.47 Å². The first-order valence-electron chi connectivity index (χ1n) is 10.7. The Morgan fingerprint density at radius 1 is 1.31 bits per heavy atom. The van der Waals surface area contributed by atoms with Crippen LogP contribution in [0.15, 0.2) is 29.1 Å². The molecule has 170 valence electrons. The summed E-state index contributed by atoms with van der Waals surface area (Å²) in [7, 11) is 1.58. The van der Waals surface area contributed by atoms with Crippen LogP contribution in [0.5, 0.6) is 11.5 Å². The van der Waals surface area contributed by atoms with Gasteiger partial charge in [-0.3, -0.25) is 9.59 Å². The highest BCUT2D eigenvalue weighted by atomic mass is 32.1. The van der Waals surface area contributed by atoms with Crippen LogP contribution in [-0.2, 0) is 6.54 Å². The van der Waals surface area contributed by atoms with Crippen LogP contribution in [0.1, 0.15) is 42.7 Å². The third-order valence-corrected chi connectivity index (χ3v) is 6.35. The van der Waals surface area contributed by atoms with E-state index in [1.54, 1.807) is 13.2 Å². The van der Waals surface area contributed by atoms with Crippen LogP contribution >= 0.6 is 11.3 Å². The monoisotopic (exact) mass is 457 g/mol. The maximum atomic E-state index is 13.0. The molecule has 1 aliphatic rings. The van der Waals surface area contributed by atoms with Crippen molar-refractivity contribution in [2.45, 2.75) is 33.2 Å². The Morgan fingerprint density at radius 2 is 2.16 bits per heavy atom. The minimum absolute atomic E-state index is 0.172. The Labute approximate surface area is 190 Å². The van der Waals surface area contributed by atoms with E-state index in [0.29, 0.717) is 29.0 Å². The van der Waals surface area contributed by atoms with Gasteiger partial charge in [0.1, 0.15) is 5.69 Å². The van der Waals surface area contributed by atoms with Crippen molar-refractivity contribution in [2.75, 3.05) is 31.7 Å². The first-order chi connectivity index (χ1) is 15.5. The predicted molar refractivity (Wildman–Crippen MR) is 123 cm³/mol. The normalized spacial score (nSPS) is 16.2. The second-order valence-electron chi connectivity index (χ2n) is 7.85. The predicted octanol–water partition coefficient (Wildman–Crippen LogP) is 2.72. The van der Waals surface area contributed by atoms with Crippen molar-refractivity contribution >= 4 is 27.3 Å². The smallest absolute Gasteiger partial charge is 0.274 e. The number of piperidine rings is 1. The molecule has 4 rings (SSSR count). The van der Waals surface area contributed by atoms with Gasteiger partial charge in [0.15, 0.2) is 11.5 Å². The zero-order chi connectivity index (χ0) is 22.7. The van der Waals surface area contributed by atoms with Gasteiger partial charge in [-0.25, -0.2) is 0 Å². The van der Waals surface area contributed by atoms with Gasteiger partial charge in [0.25, 0.3) is 11.5 Å². The van der Waals surface area contributed by atoms with Gasteiger partial charge in [0, 0.05) is 25.7 Å². The Bertz CT molecular complexity index is 1170. The summed E-state index contributed by atoms with van der Waals surface area (Å²) in [6.45, 7) is 6.71. The lowest BCUT2D eigenvalue weighted by Gasteiger charge is -2.30. The maximum absolute atomic E-state index is 13.0. The number of ether oxygens (including phenoxy) is 2. The minimum Gasteiger partial charge on any atom is -0.493 e. The van der Waals surface area contributed by atoms with Crippen LogP contribution in [0.2, 0.25) is 0 Å². The van der Waals surface area contributed by atoms with E-state index in [0.717, 1.165) is 30.2 Å². The van der Waals surface area contributed by atoms with E-state index in [1.807, 2.05) is 19.1 Å². The summed E-state index contributed by atoms with van der Waals surface area (Å²) in [5.74, 6) is 1.44. The van der Waals surface area contributed by atoms with E-state index in [-0.39, 0.29) is 12.2 Å². The molecular weight excluding hydrogens is 430 g/mol. The molecule has 0 bridgehead atoms. The van der Waals surface area contributed by atoms with E-state index in [1.165, 1.54) is 28.3 Å². The Kier molecular flexibility index (Phi) is 6.59. The Morgan fingerprint density at radius 3 is 2.91 bits per heavy atom. The van der Waals surface area contributed by atoms with Crippen LogP contribution in [0.25, 0.3) is 4.96 Å². The highest BCUT2D eigenvalue weighted by molar-refractivity contribution is 7.20.